The number of rotatable bonds is 50. The summed E-state index contributed by atoms with van der Waals surface area (Å²) < 4.78 is 34.7. The van der Waals surface area contributed by atoms with Crippen LogP contribution in [0.25, 0.3) is 0 Å². The largest absolute Gasteiger partial charge is 0.477 e. The molecule has 18 atom stereocenters. The molecule has 3 fully saturated rings. The van der Waals surface area contributed by atoms with E-state index in [1.165, 1.54) is 135 Å². The Morgan fingerprint density at radius 1 is 0.598 bits per heavy atom. The molecule has 0 spiro atoms. The molecule has 3 aliphatic heterocycles. The lowest BCUT2D eigenvalue weighted by Gasteiger charge is -2.50. The molecule has 18 unspecified atom stereocenters. The molecule has 3 saturated heterocycles. The molecule has 0 bridgehead atoms. The number of allylic oxidation sites excluding steroid dienone is 1. The molecule has 3 heterocycles. The Bertz CT molecular complexity index is 1820. The number of aliphatic hydroxyl groups is 11. The topological polar surface area (TPSA) is 373 Å². The molecule has 0 radical (unpaired) electrons. The van der Waals surface area contributed by atoms with E-state index in [-0.39, 0.29) is 12.3 Å². The maximum Gasteiger partial charge on any atom is 0.364 e. The van der Waals surface area contributed by atoms with Crippen LogP contribution in [0.15, 0.2) is 12.2 Å². The van der Waals surface area contributed by atoms with Gasteiger partial charge in [-0.1, -0.05) is 212 Å². The average Bonchev–Trinajstić information content (AvgIpc) is 1.87. The lowest BCUT2D eigenvalue weighted by atomic mass is 9.88. The summed E-state index contributed by atoms with van der Waals surface area (Å²) in [5, 5.41) is 135. The fraction of sp³-hybridized carbons (Fsp3) is 0.922. The Morgan fingerprint density at radius 3 is 1.53 bits per heavy atom. The first kappa shape index (κ1) is 78.7. The minimum absolute atomic E-state index is 0.204. The Kier molecular flexibility index (Phi) is 41.3. The van der Waals surface area contributed by atoms with Gasteiger partial charge in [0.1, 0.15) is 67.1 Å². The van der Waals surface area contributed by atoms with Crippen molar-refractivity contribution in [1.82, 2.24) is 10.6 Å². The summed E-state index contributed by atoms with van der Waals surface area (Å²) in [5.41, 5.74) is 0. The fourth-order valence-corrected chi connectivity index (χ4v) is 11.8. The zero-order valence-corrected chi connectivity index (χ0v) is 52.9. The molecular weight excluding hydrogens is 1130 g/mol. The van der Waals surface area contributed by atoms with E-state index in [1.807, 2.05) is 6.08 Å². The first-order valence-electron chi connectivity index (χ1n) is 33.6. The molecule has 0 saturated carbocycles. The third kappa shape index (κ3) is 28.9. The standard InChI is InChI=1S/C64H118N2O21/c1-4-6-8-10-12-14-15-16-17-18-19-20-21-22-23-24-25-26-27-28-30-32-34-36-38-51(74)66-45(46(71)37-35-33-31-29-13-11-9-7-5-2)43-82-61-56(78)55(77)58(50(42-69)84-61)85-62-57(79)60(54(76)49(41-68)83-62)87-64(63(80)81)39-47(72)52(65-44(3)70)59(86-64)53(75)48(73)40-67/h35,37,45-50,52-62,67-69,71-73,75-79H,4-34,36,38-43H2,1-3H3,(H,65,70)(H,66,74)(H,80,81)/b37-35+. The van der Waals surface area contributed by atoms with Crippen LogP contribution >= 0.6 is 0 Å². The van der Waals surface area contributed by atoms with Gasteiger partial charge >= 0.3 is 5.97 Å². The molecule has 0 aromatic heterocycles. The molecule has 2 amide bonds. The Labute approximate surface area is 518 Å². The predicted octanol–water partition coefficient (Wildman–Crippen LogP) is 5.12. The van der Waals surface area contributed by atoms with Gasteiger partial charge < -0.3 is 100 Å². The van der Waals surface area contributed by atoms with Crippen LogP contribution in [-0.2, 0) is 42.8 Å². The fourth-order valence-electron chi connectivity index (χ4n) is 11.8. The summed E-state index contributed by atoms with van der Waals surface area (Å²) in [6.07, 6.45) is 13.0. The van der Waals surface area contributed by atoms with Crippen LogP contribution in [0.1, 0.15) is 239 Å². The quantitative estimate of drug-likeness (QED) is 0.0278. The van der Waals surface area contributed by atoms with Gasteiger partial charge in [-0.25, -0.2) is 4.79 Å². The number of unbranched alkanes of at least 4 members (excludes halogenated alkanes) is 30. The smallest absolute Gasteiger partial charge is 0.364 e. The third-order valence-electron chi connectivity index (χ3n) is 17.2. The van der Waals surface area contributed by atoms with E-state index in [4.69, 9.17) is 28.4 Å². The minimum Gasteiger partial charge on any atom is -0.477 e. The molecule has 0 aromatic carbocycles. The normalized spacial score (nSPS) is 29.2. The van der Waals surface area contributed by atoms with Crippen molar-refractivity contribution in [3.63, 3.8) is 0 Å². The van der Waals surface area contributed by atoms with E-state index in [0.29, 0.717) is 12.8 Å². The summed E-state index contributed by atoms with van der Waals surface area (Å²) in [7, 11) is 0. The molecule has 87 heavy (non-hydrogen) atoms. The minimum atomic E-state index is -3.08. The number of aliphatic carboxylic acids is 1. The zero-order valence-electron chi connectivity index (χ0n) is 52.9. The van der Waals surface area contributed by atoms with Crippen LogP contribution in [0, 0.1) is 0 Å². The van der Waals surface area contributed by atoms with Crippen molar-refractivity contribution in [2.45, 2.75) is 349 Å². The van der Waals surface area contributed by atoms with E-state index in [2.05, 4.69) is 24.5 Å². The van der Waals surface area contributed by atoms with Crippen molar-refractivity contribution in [3.05, 3.63) is 12.2 Å². The van der Waals surface area contributed by atoms with Crippen LogP contribution in [0.4, 0.5) is 0 Å². The molecule has 23 nitrogen and oxygen atoms in total. The molecule has 23 heteroatoms. The number of carboxylic acid groups (broad SMARTS) is 1. The van der Waals surface area contributed by atoms with Crippen LogP contribution in [0.5, 0.6) is 0 Å². The van der Waals surface area contributed by atoms with Crippen LogP contribution < -0.4 is 10.6 Å². The van der Waals surface area contributed by atoms with E-state index in [1.54, 1.807) is 6.08 Å². The summed E-state index contributed by atoms with van der Waals surface area (Å²) in [6, 6.07) is -2.61. The van der Waals surface area contributed by atoms with Crippen LogP contribution in [-0.4, -0.2) is 215 Å². The molecule has 3 aliphatic rings. The highest BCUT2D eigenvalue weighted by Crippen LogP contribution is 2.39. The third-order valence-corrected chi connectivity index (χ3v) is 17.2. The predicted molar refractivity (Wildman–Crippen MR) is 325 cm³/mol. The highest BCUT2D eigenvalue weighted by Gasteiger charge is 2.60. The van der Waals surface area contributed by atoms with E-state index in [9.17, 15) is 75.7 Å². The monoisotopic (exact) mass is 1250 g/mol. The SMILES string of the molecule is CCCCCCCCC/C=C/C(O)C(COC1OC(CO)C(OC2OC(CO)C(O)C(OC3(C(=O)O)CC(O)C(NC(C)=O)C(C(O)C(O)CO)O3)C2O)C(O)C1O)NC(=O)CCCCCCCCCCCCCCCCCCCCCCCCCC. The van der Waals surface area contributed by atoms with Gasteiger partial charge in [0.15, 0.2) is 12.6 Å². The Balaban J connectivity index is 1.54. The lowest BCUT2D eigenvalue weighted by molar-refractivity contribution is -0.386. The van der Waals surface area contributed by atoms with Gasteiger partial charge in [-0.15, -0.1) is 0 Å². The number of carbonyl (C=O) groups excluding carboxylic acids is 2. The van der Waals surface area contributed by atoms with Crippen molar-refractivity contribution in [2.24, 2.45) is 0 Å². The van der Waals surface area contributed by atoms with Gasteiger partial charge in [0.2, 0.25) is 11.8 Å². The second-order valence-electron chi connectivity index (χ2n) is 24.7. The summed E-state index contributed by atoms with van der Waals surface area (Å²) in [6.45, 7) is 2.09. The van der Waals surface area contributed by atoms with Gasteiger partial charge in [-0.2, -0.15) is 0 Å². The van der Waals surface area contributed by atoms with Gasteiger partial charge in [0.05, 0.1) is 50.7 Å². The number of aliphatic hydroxyl groups excluding tert-OH is 11. The number of carboxylic acids is 1. The molecule has 510 valence electrons. The van der Waals surface area contributed by atoms with Crippen LogP contribution in [0.2, 0.25) is 0 Å². The molecule has 3 rings (SSSR count). The van der Waals surface area contributed by atoms with Gasteiger partial charge in [-0.05, 0) is 19.3 Å². The highest BCUT2D eigenvalue weighted by atomic mass is 16.8. The number of hydrogen-bond donors (Lipinski definition) is 14. The van der Waals surface area contributed by atoms with Crippen molar-refractivity contribution >= 4 is 17.8 Å². The first-order valence-corrected chi connectivity index (χ1v) is 33.6. The average molecular weight is 1250 g/mol. The van der Waals surface area contributed by atoms with Crippen molar-refractivity contribution < 1.29 is 104 Å². The molecule has 0 aromatic rings. The molecule has 14 N–H and O–H groups in total. The van der Waals surface area contributed by atoms with Crippen LogP contribution in [0.3, 0.4) is 0 Å². The van der Waals surface area contributed by atoms with E-state index in [0.717, 1.165) is 64.7 Å². The second kappa shape index (κ2) is 45.7. The second-order valence-corrected chi connectivity index (χ2v) is 24.7. The maximum absolute atomic E-state index is 13.4. The van der Waals surface area contributed by atoms with Crippen molar-refractivity contribution in [1.29, 1.82) is 0 Å². The first-order chi connectivity index (χ1) is 41.9. The summed E-state index contributed by atoms with van der Waals surface area (Å²) >= 11 is 0. The number of nitrogens with one attached hydrogen (secondary N) is 2. The van der Waals surface area contributed by atoms with Crippen molar-refractivity contribution in [2.75, 3.05) is 26.4 Å². The highest BCUT2D eigenvalue weighted by molar-refractivity contribution is 5.77. The summed E-state index contributed by atoms with van der Waals surface area (Å²) in [5.74, 6) is -6.14. The Hall–Kier alpha value is -2.53. The lowest BCUT2D eigenvalue weighted by Crippen LogP contribution is -2.70. The Morgan fingerprint density at radius 2 is 1.07 bits per heavy atom. The van der Waals surface area contributed by atoms with E-state index < -0.39 is 155 Å². The van der Waals surface area contributed by atoms with Gasteiger partial charge in [0.25, 0.3) is 5.79 Å². The molecule has 0 aliphatic carbocycles. The van der Waals surface area contributed by atoms with Crippen molar-refractivity contribution in [3.8, 4) is 0 Å². The number of ether oxygens (including phenoxy) is 6. The number of hydrogen-bond acceptors (Lipinski definition) is 20. The number of carbonyl (C=O) groups is 3. The summed E-state index contributed by atoms with van der Waals surface area (Å²) in [4.78, 5) is 38.4. The van der Waals surface area contributed by atoms with E-state index >= 15 is 0 Å². The molecular formula is C64H118N2O21. The number of amides is 2. The van der Waals surface area contributed by atoms with Gasteiger partial charge in [0, 0.05) is 19.8 Å². The zero-order chi connectivity index (χ0) is 64.0. The van der Waals surface area contributed by atoms with Gasteiger partial charge in [-0.3, -0.25) is 9.59 Å². The maximum atomic E-state index is 13.4.